The van der Waals surface area contributed by atoms with Gasteiger partial charge in [-0.05, 0) is 43.1 Å². The van der Waals surface area contributed by atoms with Crippen molar-refractivity contribution in [2.24, 2.45) is 11.3 Å². The zero-order valence-corrected chi connectivity index (χ0v) is 11.0. The van der Waals surface area contributed by atoms with Gasteiger partial charge in [-0.2, -0.15) is 0 Å². The molecular weight excluding hydrogens is 196 g/mol. The zero-order valence-electron chi connectivity index (χ0n) is 11.0. The van der Waals surface area contributed by atoms with Gasteiger partial charge in [0, 0.05) is 6.42 Å². The van der Waals surface area contributed by atoms with Crippen LogP contribution in [-0.4, -0.2) is 6.29 Å². The van der Waals surface area contributed by atoms with Crippen molar-refractivity contribution in [1.29, 1.82) is 0 Å². The number of allylic oxidation sites excluding steroid dienone is 4. The third-order valence-electron chi connectivity index (χ3n) is 3.60. The predicted molar refractivity (Wildman–Crippen MR) is 69.3 cm³/mol. The minimum Gasteiger partial charge on any atom is -0.303 e. The summed E-state index contributed by atoms with van der Waals surface area (Å²) < 4.78 is 0. The first-order valence-corrected chi connectivity index (χ1v) is 6.29. The lowest BCUT2D eigenvalue weighted by atomic mass is 9.72. The second-order valence-corrected chi connectivity index (χ2v) is 5.67. The van der Waals surface area contributed by atoms with E-state index in [4.69, 9.17) is 0 Å². The van der Waals surface area contributed by atoms with Crippen LogP contribution in [0, 0.1) is 11.3 Å². The van der Waals surface area contributed by atoms with E-state index in [0.717, 1.165) is 6.29 Å². The summed E-state index contributed by atoms with van der Waals surface area (Å²) >= 11 is 0. The van der Waals surface area contributed by atoms with E-state index in [9.17, 15) is 4.79 Å². The van der Waals surface area contributed by atoms with Crippen LogP contribution in [0.15, 0.2) is 23.3 Å². The molecule has 1 heteroatoms. The van der Waals surface area contributed by atoms with E-state index in [-0.39, 0.29) is 0 Å². The van der Waals surface area contributed by atoms with Crippen LogP contribution in [0.25, 0.3) is 0 Å². The smallest absolute Gasteiger partial charge is 0.120 e. The number of aldehydes is 1. The van der Waals surface area contributed by atoms with Gasteiger partial charge >= 0.3 is 0 Å². The number of carbonyl (C=O) groups excluding carboxylic acids is 1. The molecule has 1 nitrogen and oxygen atoms in total. The molecular formula is C15H24O. The highest BCUT2D eigenvalue weighted by Crippen LogP contribution is 2.40. The van der Waals surface area contributed by atoms with Crippen molar-refractivity contribution in [1.82, 2.24) is 0 Å². The molecule has 0 radical (unpaired) electrons. The van der Waals surface area contributed by atoms with Crippen LogP contribution in [0.4, 0.5) is 0 Å². The zero-order chi connectivity index (χ0) is 12.2. The number of carbonyl (C=O) groups is 1. The molecule has 90 valence electrons. The average molecular weight is 220 g/mol. The molecule has 1 unspecified atom stereocenters. The molecule has 0 saturated heterocycles. The monoisotopic (exact) mass is 220 g/mol. The first kappa shape index (κ1) is 13.2. The van der Waals surface area contributed by atoms with Gasteiger partial charge in [0.05, 0.1) is 0 Å². The fraction of sp³-hybridized carbons (Fsp3) is 0.667. The molecule has 0 fully saturated rings. The van der Waals surface area contributed by atoms with E-state index in [1.165, 1.54) is 30.4 Å². The standard InChI is InChI=1S/C15H24O/c1-12(9-11-16)7-8-14-13(2)6-5-10-15(14,3)4/h7-8,11-12H,5-6,9-10H2,1-4H3. The van der Waals surface area contributed by atoms with Crippen LogP contribution in [0.2, 0.25) is 0 Å². The Morgan fingerprint density at radius 2 is 2.12 bits per heavy atom. The Hall–Kier alpha value is -0.850. The number of rotatable bonds is 4. The van der Waals surface area contributed by atoms with E-state index >= 15 is 0 Å². The summed E-state index contributed by atoms with van der Waals surface area (Å²) in [6.45, 7) is 8.97. The second kappa shape index (κ2) is 5.47. The van der Waals surface area contributed by atoms with Crippen LogP contribution >= 0.6 is 0 Å². The molecule has 1 aliphatic rings. The molecule has 0 aromatic heterocycles. The average Bonchev–Trinajstić information content (AvgIpc) is 2.16. The normalized spacial score (nSPS) is 22.5. The van der Waals surface area contributed by atoms with E-state index in [1.807, 2.05) is 0 Å². The number of hydrogen-bond donors (Lipinski definition) is 0. The summed E-state index contributed by atoms with van der Waals surface area (Å²) in [6, 6.07) is 0. The molecule has 0 saturated carbocycles. The van der Waals surface area contributed by atoms with Crippen molar-refractivity contribution in [3.05, 3.63) is 23.3 Å². The largest absolute Gasteiger partial charge is 0.303 e. The minimum atomic E-state index is 0.305. The van der Waals surface area contributed by atoms with Crippen molar-refractivity contribution in [2.75, 3.05) is 0 Å². The van der Waals surface area contributed by atoms with Crippen LogP contribution in [-0.2, 0) is 4.79 Å². The summed E-state index contributed by atoms with van der Waals surface area (Å²) in [5.41, 5.74) is 3.31. The fourth-order valence-electron chi connectivity index (χ4n) is 2.50. The van der Waals surface area contributed by atoms with E-state index < -0.39 is 0 Å². The van der Waals surface area contributed by atoms with E-state index in [0.29, 0.717) is 17.8 Å². The highest BCUT2D eigenvalue weighted by molar-refractivity contribution is 5.50. The maximum Gasteiger partial charge on any atom is 0.120 e. The van der Waals surface area contributed by atoms with Gasteiger partial charge < -0.3 is 4.79 Å². The van der Waals surface area contributed by atoms with Crippen molar-refractivity contribution < 1.29 is 4.79 Å². The van der Waals surface area contributed by atoms with E-state index in [2.05, 4.69) is 39.8 Å². The predicted octanol–water partition coefficient (Wildman–Crippen LogP) is 4.29. The molecule has 1 rings (SSSR count). The molecule has 0 spiro atoms. The van der Waals surface area contributed by atoms with Gasteiger partial charge in [0.1, 0.15) is 6.29 Å². The van der Waals surface area contributed by atoms with Gasteiger partial charge in [0.15, 0.2) is 0 Å². The minimum absolute atomic E-state index is 0.305. The van der Waals surface area contributed by atoms with E-state index in [1.54, 1.807) is 0 Å². The van der Waals surface area contributed by atoms with Gasteiger partial charge in [-0.3, -0.25) is 0 Å². The third-order valence-corrected chi connectivity index (χ3v) is 3.60. The fourth-order valence-corrected chi connectivity index (χ4v) is 2.50. The van der Waals surface area contributed by atoms with Gasteiger partial charge in [0.25, 0.3) is 0 Å². The lowest BCUT2D eigenvalue weighted by Gasteiger charge is -2.33. The maximum atomic E-state index is 10.4. The Kier molecular flexibility index (Phi) is 4.52. The Balaban J connectivity index is 2.80. The second-order valence-electron chi connectivity index (χ2n) is 5.67. The molecule has 1 aliphatic carbocycles. The summed E-state index contributed by atoms with van der Waals surface area (Å²) in [5.74, 6) is 0.357. The molecule has 0 aliphatic heterocycles. The molecule has 0 heterocycles. The Bertz CT molecular complexity index is 307. The molecule has 0 aromatic rings. The SMILES string of the molecule is CC1=C(C=CC(C)CC=O)C(C)(C)CCC1. The van der Waals surface area contributed by atoms with Crippen molar-refractivity contribution in [3.8, 4) is 0 Å². The molecule has 16 heavy (non-hydrogen) atoms. The summed E-state index contributed by atoms with van der Waals surface area (Å²) in [6.07, 6.45) is 9.87. The first-order chi connectivity index (χ1) is 7.47. The van der Waals surface area contributed by atoms with Crippen LogP contribution < -0.4 is 0 Å². The van der Waals surface area contributed by atoms with Gasteiger partial charge in [0.2, 0.25) is 0 Å². The molecule has 0 aromatic carbocycles. The van der Waals surface area contributed by atoms with Crippen molar-refractivity contribution in [2.45, 2.75) is 53.4 Å². The Morgan fingerprint density at radius 3 is 2.69 bits per heavy atom. The Labute approximate surface area is 99.6 Å². The summed E-state index contributed by atoms with van der Waals surface area (Å²) in [5, 5.41) is 0. The van der Waals surface area contributed by atoms with Gasteiger partial charge in [-0.1, -0.05) is 38.5 Å². The quantitative estimate of drug-likeness (QED) is 0.646. The topological polar surface area (TPSA) is 17.1 Å². The summed E-state index contributed by atoms with van der Waals surface area (Å²) in [4.78, 5) is 10.4. The molecule has 0 bridgehead atoms. The van der Waals surface area contributed by atoms with Crippen molar-refractivity contribution >= 4 is 6.29 Å². The molecule has 0 N–H and O–H groups in total. The van der Waals surface area contributed by atoms with Crippen LogP contribution in [0.5, 0.6) is 0 Å². The Morgan fingerprint density at radius 1 is 1.44 bits per heavy atom. The van der Waals surface area contributed by atoms with Gasteiger partial charge in [-0.25, -0.2) is 0 Å². The maximum absolute atomic E-state index is 10.4. The van der Waals surface area contributed by atoms with Crippen molar-refractivity contribution in [3.63, 3.8) is 0 Å². The van der Waals surface area contributed by atoms with Crippen LogP contribution in [0.3, 0.4) is 0 Å². The van der Waals surface area contributed by atoms with Gasteiger partial charge in [-0.15, -0.1) is 0 Å². The lowest BCUT2D eigenvalue weighted by molar-refractivity contribution is -0.108. The van der Waals surface area contributed by atoms with Crippen LogP contribution in [0.1, 0.15) is 53.4 Å². The summed E-state index contributed by atoms with van der Waals surface area (Å²) in [7, 11) is 0. The lowest BCUT2D eigenvalue weighted by Crippen LogP contribution is -2.19. The molecule has 0 amide bonds. The molecule has 1 atom stereocenters. The highest BCUT2D eigenvalue weighted by Gasteiger charge is 2.26. The third kappa shape index (κ3) is 3.33. The first-order valence-electron chi connectivity index (χ1n) is 6.29. The number of hydrogen-bond acceptors (Lipinski definition) is 1. The highest BCUT2D eigenvalue weighted by atomic mass is 16.1.